The van der Waals surface area contributed by atoms with E-state index in [9.17, 15) is 12.8 Å². The lowest BCUT2D eigenvalue weighted by Crippen LogP contribution is -2.15. The standard InChI is InChI=1S/C18H15Cl3FN3O2S/c1-10-18(24-28(26,27)17-7-13(19)4-6-15(17)20)11(2)25(23-10)9-12-3-5-14(22)8-16(12)21/h3-8,24H,9H2,1-2H3. The van der Waals surface area contributed by atoms with Gasteiger partial charge in [0.05, 0.1) is 28.6 Å². The molecule has 3 aromatic rings. The van der Waals surface area contributed by atoms with Crippen LogP contribution in [0.25, 0.3) is 0 Å². The molecule has 3 rings (SSSR count). The molecule has 10 heteroatoms. The van der Waals surface area contributed by atoms with E-state index in [1.54, 1.807) is 24.6 Å². The molecule has 0 saturated carbocycles. The lowest BCUT2D eigenvalue weighted by molar-refractivity contribution is 0.601. The Hall–Kier alpha value is -1.80. The zero-order chi connectivity index (χ0) is 20.6. The van der Waals surface area contributed by atoms with Crippen LogP contribution in [0.1, 0.15) is 17.0 Å². The van der Waals surface area contributed by atoms with E-state index in [-0.39, 0.29) is 26.5 Å². The highest BCUT2D eigenvalue weighted by Crippen LogP contribution is 2.29. The first kappa shape index (κ1) is 20.9. The lowest BCUT2D eigenvalue weighted by Gasteiger charge is -2.11. The van der Waals surface area contributed by atoms with E-state index in [2.05, 4.69) is 9.82 Å². The molecule has 1 aromatic heterocycles. The Morgan fingerprint density at radius 1 is 1.07 bits per heavy atom. The number of rotatable bonds is 5. The van der Waals surface area contributed by atoms with Crippen LogP contribution in [0.15, 0.2) is 41.3 Å². The first-order valence-corrected chi connectivity index (χ1v) is 10.7. The molecule has 1 heterocycles. The fourth-order valence-electron chi connectivity index (χ4n) is 2.68. The number of hydrogen-bond acceptors (Lipinski definition) is 3. The van der Waals surface area contributed by atoms with Crippen molar-refractivity contribution in [2.24, 2.45) is 0 Å². The monoisotopic (exact) mass is 461 g/mol. The summed E-state index contributed by atoms with van der Waals surface area (Å²) in [5.74, 6) is -0.436. The number of sulfonamides is 1. The van der Waals surface area contributed by atoms with Crippen molar-refractivity contribution >= 4 is 50.5 Å². The highest BCUT2D eigenvalue weighted by atomic mass is 35.5. The van der Waals surface area contributed by atoms with Crippen molar-refractivity contribution in [3.05, 3.63) is 74.2 Å². The number of anilines is 1. The van der Waals surface area contributed by atoms with Gasteiger partial charge < -0.3 is 0 Å². The number of nitrogens with zero attached hydrogens (tertiary/aromatic N) is 2. The van der Waals surface area contributed by atoms with Crippen LogP contribution >= 0.6 is 34.8 Å². The molecule has 0 aliphatic heterocycles. The summed E-state index contributed by atoms with van der Waals surface area (Å²) < 4.78 is 42.9. The van der Waals surface area contributed by atoms with Crippen molar-refractivity contribution < 1.29 is 12.8 Å². The Kier molecular flexibility index (Phi) is 5.91. The SMILES string of the molecule is Cc1nn(Cc2ccc(F)cc2Cl)c(C)c1NS(=O)(=O)c1cc(Cl)ccc1Cl. The van der Waals surface area contributed by atoms with Crippen molar-refractivity contribution in [1.29, 1.82) is 0 Å². The van der Waals surface area contributed by atoms with E-state index in [0.717, 1.165) is 0 Å². The van der Waals surface area contributed by atoms with Gasteiger partial charge in [-0.05, 0) is 49.7 Å². The van der Waals surface area contributed by atoms with Gasteiger partial charge in [0.15, 0.2) is 0 Å². The van der Waals surface area contributed by atoms with Gasteiger partial charge in [-0.2, -0.15) is 5.10 Å². The van der Waals surface area contributed by atoms with Crippen LogP contribution < -0.4 is 4.72 Å². The second-order valence-corrected chi connectivity index (χ2v) is 9.02. The van der Waals surface area contributed by atoms with E-state index in [4.69, 9.17) is 34.8 Å². The molecule has 2 aromatic carbocycles. The summed E-state index contributed by atoms with van der Waals surface area (Å²) in [5, 5.41) is 4.93. The van der Waals surface area contributed by atoms with Crippen LogP contribution in [0.4, 0.5) is 10.1 Å². The number of benzene rings is 2. The molecule has 0 bridgehead atoms. The van der Waals surface area contributed by atoms with Gasteiger partial charge in [-0.25, -0.2) is 12.8 Å². The van der Waals surface area contributed by atoms with Crippen LogP contribution in [0.2, 0.25) is 15.1 Å². The van der Waals surface area contributed by atoms with Crippen LogP contribution in [-0.2, 0) is 16.6 Å². The summed E-state index contributed by atoms with van der Waals surface area (Å²) in [6.45, 7) is 3.65. The minimum atomic E-state index is -3.98. The number of nitrogens with one attached hydrogen (secondary N) is 1. The van der Waals surface area contributed by atoms with Crippen LogP contribution in [0, 0.1) is 19.7 Å². The molecule has 0 spiro atoms. The molecule has 0 unspecified atom stereocenters. The zero-order valence-electron chi connectivity index (χ0n) is 14.8. The second-order valence-electron chi connectivity index (χ2n) is 6.12. The summed E-state index contributed by atoms with van der Waals surface area (Å²) >= 11 is 18.0. The van der Waals surface area contributed by atoms with E-state index >= 15 is 0 Å². The number of aryl methyl sites for hydroxylation is 1. The Labute approximate surface area is 177 Å². The molecule has 148 valence electrons. The van der Waals surface area contributed by atoms with Gasteiger partial charge in [-0.1, -0.05) is 40.9 Å². The van der Waals surface area contributed by atoms with Crippen LogP contribution in [-0.4, -0.2) is 18.2 Å². The van der Waals surface area contributed by atoms with Crippen molar-refractivity contribution in [1.82, 2.24) is 9.78 Å². The largest absolute Gasteiger partial charge is 0.276 e. The number of hydrogen-bond donors (Lipinski definition) is 1. The summed E-state index contributed by atoms with van der Waals surface area (Å²) in [7, 11) is -3.98. The molecule has 0 saturated heterocycles. The topological polar surface area (TPSA) is 64.0 Å². The predicted molar refractivity (Wildman–Crippen MR) is 109 cm³/mol. The molecule has 0 aliphatic carbocycles. The molecule has 1 N–H and O–H groups in total. The number of halogens is 4. The quantitative estimate of drug-likeness (QED) is 0.548. The van der Waals surface area contributed by atoms with Crippen molar-refractivity contribution in [3.8, 4) is 0 Å². The van der Waals surface area contributed by atoms with Crippen LogP contribution in [0.5, 0.6) is 0 Å². The number of aromatic nitrogens is 2. The van der Waals surface area contributed by atoms with E-state index in [0.29, 0.717) is 22.6 Å². The van der Waals surface area contributed by atoms with Crippen molar-refractivity contribution in [2.75, 3.05) is 4.72 Å². The summed E-state index contributed by atoms with van der Waals surface area (Å²) in [6, 6.07) is 8.27. The molecule has 0 radical (unpaired) electrons. The minimum Gasteiger partial charge on any atom is -0.276 e. The van der Waals surface area contributed by atoms with Gasteiger partial charge in [0, 0.05) is 10.0 Å². The Morgan fingerprint density at radius 2 is 1.79 bits per heavy atom. The average molecular weight is 463 g/mol. The maximum Gasteiger partial charge on any atom is 0.263 e. The molecule has 0 fully saturated rings. The summed E-state index contributed by atoms with van der Waals surface area (Å²) in [6.07, 6.45) is 0. The zero-order valence-corrected chi connectivity index (χ0v) is 17.9. The third kappa shape index (κ3) is 4.27. The molecular formula is C18H15Cl3FN3O2S. The van der Waals surface area contributed by atoms with Crippen LogP contribution in [0.3, 0.4) is 0 Å². The Balaban J connectivity index is 1.95. The van der Waals surface area contributed by atoms with E-state index in [1.807, 2.05) is 0 Å². The fourth-order valence-corrected chi connectivity index (χ4v) is 4.85. The molecule has 28 heavy (non-hydrogen) atoms. The summed E-state index contributed by atoms with van der Waals surface area (Å²) in [5.41, 5.74) is 2.02. The van der Waals surface area contributed by atoms with E-state index < -0.39 is 15.8 Å². The van der Waals surface area contributed by atoms with Crippen molar-refractivity contribution in [3.63, 3.8) is 0 Å². The maximum atomic E-state index is 13.2. The molecule has 0 atom stereocenters. The highest BCUT2D eigenvalue weighted by Gasteiger charge is 2.23. The average Bonchev–Trinajstić information content (AvgIpc) is 2.86. The smallest absolute Gasteiger partial charge is 0.263 e. The molecular weight excluding hydrogens is 448 g/mol. The summed E-state index contributed by atoms with van der Waals surface area (Å²) in [4.78, 5) is -0.130. The van der Waals surface area contributed by atoms with Crippen molar-refractivity contribution in [2.45, 2.75) is 25.3 Å². The molecule has 0 aliphatic rings. The third-order valence-corrected chi connectivity index (χ3v) is 6.55. The first-order valence-electron chi connectivity index (χ1n) is 8.04. The molecule has 5 nitrogen and oxygen atoms in total. The Bertz CT molecular complexity index is 1160. The normalized spacial score (nSPS) is 11.6. The molecule has 0 amide bonds. The van der Waals surface area contributed by atoms with Gasteiger partial charge in [-0.15, -0.1) is 0 Å². The van der Waals surface area contributed by atoms with Gasteiger partial charge in [0.2, 0.25) is 0 Å². The Morgan fingerprint density at radius 3 is 2.46 bits per heavy atom. The minimum absolute atomic E-state index is 0.0534. The van der Waals surface area contributed by atoms with Gasteiger partial charge in [0.25, 0.3) is 10.0 Å². The third-order valence-electron chi connectivity index (χ3n) is 4.14. The maximum absolute atomic E-state index is 13.2. The first-order chi connectivity index (χ1) is 13.1. The fraction of sp³-hybridized carbons (Fsp3) is 0.167. The lowest BCUT2D eigenvalue weighted by atomic mass is 10.2. The van der Waals surface area contributed by atoms with E-state index in [1.165, 1.54) is 30.3 Å². The van der Waals surface area contributed by atoms with Gasteiger partial charge in [-0.3, -0.25) is 9.40 Å². The van der Waals surface area contributed by atoms with Gasteiger partial charge in [0.1, 0.15) is 10.7 Å². The van der Waals surface area contributed by atoms with Gasteiger partial charge >= 0.3 is 0 Å². The predicted octanol–water partition coefficient (Wildman–Crippen LogP) is 5.45. The second kappa shape index (κ2) is 7.91. The highest BCUT2D eigenvalue weighted by molar-refractivity contribution is 7.92.